The van der Waals surface area contributed by atoms with Gasteiger partial charge >= 0.3 is 0 Å². The zero-order valence-electron chi connectivity index (χ0n) is 17.8. The van der Waals surface area contributed by atoms with Crippen molar-refractivity contribution < 1.29 is 19.4 Å². The Morgan fingerprint density at radius 1 is 1.13 bits per heavy atom. The molecule has 30 heavy (non-hydrogen) atoms. The number of amides is 1. The first kappa shape index (κ1) is 21.9. The molecule has 1 saturated heterocycles. The monoisotopic (exact) mass is 414 g/mol. The highest BCUT2D eigenvalue weighted by atomic mass is 16.5. The number of nitrogens with one attached hydrogen (secondary N) is 1. The summed E-state index contributed by atoms with van der Waals surface area (Å²) in [5.74, 6) is 1.73. The van der Waals surface area contributed by atoms with Crippen molar-refractivity contribution >= 4 is 17.4 Å². The maximum atomic E-state index is 12.6. The van der Waals surface area contributed by atoms with E-state index in [2.05, 4.69) is 20.1 Å². The van der Waals surface area contributed by atoms with E-state index in [9.17, 15) is 9.90 Å². The van der Waals surface area contributed by atoms with Crippen molar-refractivity contribution in [3.05, 3.63) is 42.1 Å². The van der Waals surface area contributed by atoms with E-state index in [-0.39, 0.29) is 12.0 Å². The van der Waals surface area contributed by atoms with Crippen molar-refractivity contribution in [1.29, 1.82) is 0 Å². The summed E-state index contributed by atoms with van der Waals surface area (Å²) in [4.78, 5) is 21.6. The summed E-state index contributed by atoms with van der Waals surface area (Å²) in [6, 6.07) is 8.81. The third-order valence-corrected chi connectivity index (χ3v) is 5.26. The van der Waals surface area contributed by atoms with Crippen molar-refractivity contribution in [2.75, 3.05) is 57.2 Å². The number of aromatic nitrogens is 1. The number of pyridine rings is 1. The van der Waals surface area contributed by atoms with Crippen LogP contribution in [0.1, 0.15) is 23.7 Å². The second-order valence-electron chi connectivity index (χ2n) is 7.31. The van der Waals surface area contributed by atoms with E-state index in [1.807, 2.05) is 19.1 Å². The van der Waals surface area contributed by atoms with Crippen LogP contribution in [-0.2, 0) is 0 Å². The maximum absolute atomic E-state index is 12.6. The van der Waals surface area contributed by atoms with E-state index < -0.39 is 0 Å². The zero-order chi connectivity index (χ0) is 21.5. The van der Waals surface area contributed by atoms with Crippen LogP contribution < -0.4 is 19.7 Å². The number of hydrogen-bond acceptors (Lipinski definition) is 7. The van der Waals surface area contributed by atoms with Gasteiger partial charge in [-0.3, -0.25) is 9.69 Å². The lowest BCUT2D eigenvalue weighted by Crippen LogP contribution is -2.48. The quantitative estimate of drug-likeness (QED) is 0.685. The summed E-state index contributed by atoms with van der Waals surface area (Å²) >= 11 is 0. The van der Waals surface area contributed by atoms with Gasteiger partial charge in [-0.25, -0.2) is 4.98 Å². The number of ether oxygens (including phenoxy) is 2. The second-order valence-corrected chi connectivity index (χ2v) is 7.31. The lowest BCUT2D eigenvalue weighted by Gasteiger charge is -2.36. The van der Waals surface area contributed by atoms with Crippen LogP contribution in [0.4, 0.5) is 11.5 Å². The number of piperazine rings is 1. The molecule has 3 rings (SSSR count). The molecule has 1 aliphatic rings. The number of nitrogens with zero attached hydrogens (tertiary/aromatic N) is 3. The molecule has 0 saturated carbocycles. The second kappa shape index (κ2) is 10.3. The fraction of sp³-hybridized carbons (Fsp3) is 0.455. The molecule has 1 aliphatic heterocycles. The average molecular weight is 415 g/mol. The molecular weight excluding hydrogens is 384 g/mol. The van der Waals surface area contributed by atoms with E-state index in [0.717, 1.165) is 45.0 Å². The number of aliphatic hydroxyl groups is 1. The Kier molecular flexibility index (Phi) is 7.48. The number of carbonyl (C=O) groups excluding carboxylic acids is 1. The highest BCUT2D eigenvalue weighted by Crippen LogP contribution is 2.23. The number of β-amino-alcohol motifs (C(OH)–C–C–N with tert-alkyl or cyclic N) is 1. The normalized spacial score (nSPS) is 15.5. The molecule has 1 unspecified atom stereocenters. The van der Waals surface area contributed by atoms with Gasteiger partial charge < -0.3 is 24.8 Å². The van der Waals surface area contributed by atoms with Gasteiger partial charge in [-0.05, 0) is 30.7 Å². The number of hydrogen-bond donors (Lipinski definition) is 2. The highest BCUT2D eigenvalue weighted by molar-refractivity contribution is 6.04. The molecule has 1 atom stereocenters. The minimum atomic E-state index is -0.262. The molecule has 1 fully saturated rings. The van der Waals surface area contributed by atoms with Crippen LogP contribution in [0.15, 0.2) is 36.5 Å². The molecule has 0 radical (unpaired) electrons. The van der Waals surface area contributed by atoms with Crippen LogP contribution in [0.25, 0.3) is 0 Å². The van der Waals surface area contributed by atoms with E-state index in [4.69, 9.17) is 9.47 Å². The number of anilines is 2. The Bertz CT molecular complexity index is 813. The van der Waals surface area contributed by atoms with Crippen LogP contribution in [0.3, 0.4) is 0 Å². The van der Waals surface area contributed by atoms with Crippen LogP contribution in [-0.4, -0.2) is 73.9 Å². The van der Waals surface area contributed by atoms with E-state index in [0.29, 0.717) is 22.7 Å². The van der Waals surface area contributed by atoms with Gasteiger partial charge in [0.2, 0.25) is 0 Å². The highest BCUT2D eigenvalue weighted by Gasteiger charge is 2.19. The number of aliphatic hydroxyl groups excluding tert-OH is 1. The number of benzene rings is 1. The SMILES string of the molecule is CCC(O)CN1CCN(c2ccc(NC(=O)c3cc(OC)cc(OC)c3)cn2)CC1. The molecule has 8 nitrogen and oxygen atoms in total. The molecule has 162 valence electrons. The molecule has 0 aliphatic carbocycles. The number of methoxy groups -OCH3 is 2. The minimum absolute atomic E-state index is 0.259. The van der Waals surface area contributed by atoms with Crippen molar-refractivity contribution in [3.8, 4) is 11.5 Å². The van der Waals surface area contributed by atoms with Gasteiger partial charge in [-0.1, -0.05) is 6.92 Å². The van der Waals surface area contributed by atoms with Crippen molar-refractivity contribution in [1.82, 2.24) is 9.88 Å². The fourth-order valence-corrected chi connectivity index (χ4v) is 3.38. The van der Waals surface area contributed by atoms with Gasteiger partial charge in [0, 0.05) is 44.4 Å². The Labute approximate surface area is 177 Å². The van der Waals surface area contributed by atoms with Crippen molar-refractivity contribution in [2.45, 2.75) is 19.4 Å². The fourth-order valence-electron chi connectivity index (χ4n) is 3.38. The summed E-state index contributed by atoms with van der Waals surface area (Å²) in [6.07, 6.45) is 2.18. The van der Waals surface area contributed by atoms with Crippen molar-refractivity contribution in [3.63, 3.8) is 0 Å². The Morgan fingerprint density at radius 3 is 2.33 bits per heavy atom. The summed E-state index contributed by atoms with van der Waals surface area (Å²) in [5, 5.41) is 12.7. The summed E-state index contributed by atoms with van der Waals surface area (Å²) in [7, 11) is 3.09. The largest absolute Gasteiger partial charge is 0.497 e. The molecule has 2 heterocycles. The molecular formula is C22H30N4O4. The molecule has 2 aromatic rings. The molecule has 1 aromatic heterocycles. The van der Waals surface area contributed by atoms with E-state index in [1.54, 1.807) is 38.6 Å². The predicted octanol–water partition coefficient (Wildman–Crippen LogP) is 2.24. The topological polar surface area (TPSA) is 87.2 Å². The lowest BCUT2D eigenvalue weighted by atomic mass is 10.2. The summed E-state index contributed by atoms with van der Waals surface area (Å²) in [5.41, 5.74) is 1.07. The third kappa shape index (κ3) is 5.61. The smallest absolute Gasteiger partial charge is 0.255 e. The van der Waals surface area contributed by atoms with Crippen LogP contribution in [0.5, 0.6) is 11.5 Å². The van der Waals surface area contributed by atoms with Crippen LogP contribution in [0, 0.1) is 0 Å². The lowest BCUT2D eigenvalue weighted by molar-refractivity contribution is 0.102. The average Bonchev–Trinajstić information content (AvgIpc) is 2.79. The standard InChI is InChI=1S/C22H30N4O4/c1-4-18(27)15-25-7-9-26(10-8-25)21-6-5-17(14-23-21)24-22(28)16-11-19(29-2)13-20(12-16)30-3/h5-6,11-14,18,27H,4,7-10,15H2,1-3H3,(H,24,28). The summed E-state index contributed by atoms with van der Waals surface area (Å²) < 4.78 is 10.4. The Morgan fingerprint density at radius 2 is 1.80 bits per heavy atom. The number of rotatable bonds is 8. The minimum Gasteiger partial charge on any atom is -0.497 e. The molecule has 2 N–H and O–H groups in total. The molecule has 0 spiro atoms. The first-order valence-electron chi connectivity index (χ1n) is 10.2. The van der Waals surface area contributed by atoms with Gasteiger partial charge in [0.05, 0.1) is 32.2 Å². The molecule has 1 aromatic carbocycles. The summed E-state index contributed by atoms with van der Waals surface area (Å²) in [6.45, 7) is 6.23. The van der Waals surface area contributed by atoms with Gasteiger partial charge in [0.25, 0.3) is 5.91 Å². The van der Waals surface area contributed by atoms with Gasteiger partial charge in [0.1, 0.15) is 17.3 Å². The predicted molar refractivity (Wildman–Crippen MR) is 117 cm³/mol. The number of carbonyl (C=O) groups is 1. The van der Waals surface area contributed by atoms with Gasteiger partial charge in [-0.2, -0.15) is 0 Å². The van der Waals surface area contributed by atoms with Crippen LogP contribution >= 0.6 is 0 Å². The molecule has 1 amide bonds. The Hall–Kier alpha value is -2.84. The zero-order valence-corrected chi connectivity index (χ0v) is 17.8. The first-order chi connectivity index (χ1) is 14.5. The molecule has 0 bridgehead atoms. The third-order valence-electron chi connectivity index (χ3n) is 5.26. The van der Waals surface area contributed by atoms with Gasteiger partial charge in [0.15, 0.2) is 0 Å². The van der Waals surface area contributed by atoms with Gasteiger partial charge in [-0.15, -0.1) is 0 Å². The Balaban J connectivity index is 1.58. The molecule has 8 heteroatoms. The van der Waals surface area contributed by atoms with Crippen molar-refractivity contribution in [2.24, 2.45) is 0 Å². The first-order valence-corrected chi connectivity index (χ1v) is 10.2. The van der Waals surface area contributed by atoms with Crippen LogP contribution in [0.2, 0.25) is 0 Å². The maximum Gasteiger partial charge on any atom is 0.255 e. The van der Waals surface area contributed by atoms with E-state index in [1.165, 1.54) is 0 Å². The van der Waals surface area contributed by atoms with E-state index >= 15 is 0 Å².